The molecule has 4 nitrogen and oxygen atoms in total. The molecule has 0 aliphatic carbocycles. The molecule has 0 saturated carbocycles. The van der Waals surface area contributed by atoms with Gasteiger partial charge in [-0.25, -0.2) is 9.97 Å². The summed E-state index contributed by atoms with van der Waals surface area (Å²) in [6.07, 6.45) is 4.53. The van der Waals surface area contributed by atoms with Gasteiger partial charge in [-0.3, -0.25) is 0 Å². The third-order valence-corrected chi connectivity index (χ3v) is 2.86. The van der Waals surface area contributed by atoms with E-state index in [0.717, 1.165) is 31.5 Å². The second kappa shape index (κ2) is 7.82. The fourth-order valence-electron chi connectivity index (χ4n) is 1.69. The van der Waals surface area contributed by atoms with Crippen LogP contribution in [0.15, 0.2) is 24.5 Å². The maximum atomic E-state index is 5.14. The second-order valence-corrected chi connectivity index (χ2v) is 4.30. The molecule has 0 saturated heterocycles. The van der Waals surface area contributed by atoms with Crippen molar-refractivity contribution in [1.29, 1.82) is 0 Å². The highest BCUT2D eigenvalue weighted by atomic mass is 16.5. The summed E-state index contributed by atoms with van der Waals surface area (Å²) in [5.74, 6) is 0.602. The van der Waals surface area contributed by atoms with E-state index in [4.69, 9.17) is 4.74 Å². The molecule has 4 heteroatoms. The molecule has 0 radical (unpaired) electrons. The van der Waals surface area contributed by atoms with Gasteiger partial charge in [0, 0.05) is 6.07 Å². The van der Waals surface area contributed by atoms with Crippen molar-refractivity contribution in [1.82, 2.24) is 15.3 Å². The zero-order valence-electron chi connectivity index (χ0n) is 11.6. The Morgan fingerprint density at radius 3 is 2.83 bits per heavy atom. The summed E-state index contributed by atoms with van der Waals surface area (Å²) in [4.78, 5) is 8.37. The summed E-state index contributed by atoms with van der Waals surface area (Å²) in [7, 11) is 1.62. The van der Waals surface area contributed by atoms with Crippen molar-refractivity contribution in [2.75, 3.05) is 13.7 Å². The van der Waals surface area contributed by atoms with Crippen molar-refractivity contribution in [2.24, 2.45) is 0 Å². The molecule has 0 amide bonds. The molecule has 100 valence electrons. The van der Waals surface area contributed by atoms with Crippen LogP contribution in [-0.4, -0.2) is 23.6 Å². The molecule has 0 aliphatic heterocycles. The third-order valence-electron chi connectivity index (χ3n) is 2.86. The highest BCUT2D eigenvalue weighted by molar-refractivity contribution is 5.18. The molecule has 0 spiro atoms. The maximum absolute atomic E-state index is 5.14. The molecule has 0 fully saturated rings. The van der Waals surface area contributed by atoms with Gasteiger partial charge in [0.1, 0.15) is 6.33 Å². The summed E-state index contributed by atoms with van der Waals surface area (Å²) in [5, 5.41) is 3.50. The largest absolute Gasteiger partial charge is 0.481 e. The van der Waals surface area contributed by atoms with Crippen molar-refractivity contribution in [3.8, 4) is 5.88 Å². The minimum atomic E-state index is 0.189. The summed E-state index contributed by atoms with van der Waals surface area (Å²) in [6, 6.07) is 2.07. The molecular formula is C14H23N3O. The molecular weight excluding hydrogens is 226 g/mol. The first-order valence-corrected chi connectivity index (χ1v) is 6.47. The molecule has 1 aromatic heterocycles. The lowest BCUT2D eigenvalue weighted by atomic mass is 10.0. The van der Waals surface area contributed by atoms with Gasteiger partial charge in [0.2, 0.25) is 5.88 Å². The number of nitrogens with zero attached hydrogens (tertiary/aromatic N) is 2. The van der Waals surface area contributed by atoms with Crippen LogP contribution in [0.25, 0.3) is 0 Å². The SMILES string of the molecule is C=C(CC)CC(NCCC)c1cc(OC)ncn1. The smallest absolute Gasteiger partial charge is 0.216 e. The van der Waals surface area contributed by atoms with Crippen molar-refractivity contribution >= 4 is 0 Å². The lowest BCUT2D eigenvalue weighted by molar-refractivity contribution is 0.393. The van der Waals surface area contributed by atoms with E-state index in [-0.39, 0.29) is 6.04 Å². The molecule has 0 aliphatic rings. The average Bonchev–Trinajstić information content (AvgIpc) is 2.43. The molecule has 0 bridgehead atoms. The van der Waals surface area contributed by atoms with Crippen LogP contribution in [0.3, 0.4) is 0 Å². The highest BCUT2D eigenvalue weighted by Gasteiger charge is 2.14. The molecule has 1 rings (SSSR count). The molecule has 1 unspecified atom stereocenters. The van der Waals surface area contributed by atoms with E-state index in [1.807, 2.05) is 6.07 Å². The Bertz CT molecular complexity index is 379. The van der Waals surface area contributed by atoms with Crippen LogP contribution in [0.2, 0.25) is 0 Å². The Morgan fingerprint density at radius 2 is 2.22 bits per heavy atom. The summed E-state index contributed by atoms with van der Waals surface area (Å²) >= 11 is 0. The minimum absolute atomic E-state index is 0.189. The van der Waals surface area contributed by atoms with E-state index < -0.39 is 0 Å². The van der Waals surface area contributed by atoms with Gasteiger partial charge < -0.3 is 10.1 Å². The Balaban J connectivity index is 2.82. The van der Waals surface area contributed by atoms with Crippen molar-refractivity contribution in [3.63, 3.8) is 0 Å². The van der Waals surface area contributed by atoms with Gasteiger partial charge in [0.25, 0.3) is 0 Å². The van der Waals surface area contributed by atoms with E-state index in [9.17, 15) is 0 Å². The van der Waals surface area contributed by atoms with E-state index in [0.29, 0.717) is 5.88 Å². The zero-order valence-corrected chi connectivity index (χ0v) is 11.6. The standard InChI is InChI=1S/C14H23N3O/c1-5-7-15-12(8-11(3)6-2)13-9-14(18-4)17-10-16-13/h9-10,12,15H,3,5-8H2,1-2,4H3. The van der Waals surface area contributed by atoms with Crippen LogP contribution in [0.4, 0.5) is 0 Å². The fraction of sp³-hybridized carbons (Fsp3) is 0.571. The number of aromatic nitrogens is 2. The monoisotopic (exact) mass is 249 g/mol. The van der Waals surface area contributed by atoms with Crippen LogP contribution in [0.5, 0.6) is 5.88 Å². The second-order valence-electron chi connectivity index (χ2n) is 4.30. The molecule has 1 heterocycles. The predicted octanol–water partition coefficient (Wildman–Crippen LogP) is 2.88. The van der Waals surface area contributed by atoms with Gasteiger partial charge in [-0.1, -0.05) is 26.0 Å². The van der Waals surface area contributed by atoms with Crippen molar-refractivity contribution < 1.29 is 4.74 Å². The average molecular weight is 249 g/mol. The molecule has 1 N–H and O–H groups in total. The number of methoxy groups -OCH3 is 1. The Kier molecular flexibility index (Phi) is 6.36. The summed E-state index contributed by atoms with van der Waals surface area (Å²) in [6.45, 7) is 9.32. The number of rotatable bonds is 8. The number of nitrogens with one attached hydrogen (secondary N) is 1. The zero-order chi connectivity index (χ0) is 13.4. The van der Waals surface area contributed by atoms with Crippen LogP contribution in [-0.2, 0) is 0 Å². The Morgan fingerprint density at radius 1 is 1.44 bits per heavy atom. The van der Waals surface area contributed by atoms with Gasteiger partial charge in [-0.2, -0.15) is 0 Å². The van der Waals surface area contributed by atoms with Gasteiger partial charge in [-0.15, -0.1) is 0 Å². The van der Waals surface area contributed by atoms with Gasteiger partial charge >= 0.3 is 0 Å². The van der Waals surface area contributed by atoms with Crippen LogP contribution in [0.1, 0.15) is 44.8 Å². The van der Waals surface area contributed by atoms with Gasteiger partial charge in [-0.05, 0) is 25.8 Å². The van der Waals surface area contributed by atoms with Crippen LogP contribution in [0, 0.1) is 0 Å². The van der Waals surface area contributed by atoms with E-state index in [1.165, 1.54) is 5.57 Å². The first-order chi connectivity index (χ1) is 8.71. The maximum Gasteiger partial charge on any atom is 0.216 e. The van der Waals surface area contributed by atoms with Gasteiger partial charge in [0.05, 0.1) is 18.8 Å². The molecule has 18 heavy (non-hydrogen) atoms. The first kappa shape index (κ1) is 14.6. The lowest BCUT2D eigenvalue weighted by Gasteiger charge is -2.19. The quantitative estimate of drug-likeness (QED) is 0.720. The summed E-state index contributed by atoms with van der Waals surface area (Å²) < 4.78 is 5.14. The molecule has 1 aromatic rings. The van der Waals surface area contributed by atoms with E-state index >= 15 is 0 Å². The molecule has 0 aromatic carbocycles. The normalized spacial score (nSPS) is 12.2. The van der Waals surface area contributed by atoms with E-state index in [1.54, 1.807) is 13.4 Å². The topological polar surface area (TPSA) is 47.0 Å². The molecule has 1 atom stereocenters. The van der Waals surface area contributed by atoms with Crippen molar-refractivity contribution in [3.05, 3.63) is 30.2 Å². The lowest BCUT2D eigenvalue weighted by Crippen LogP contribution is -2.23. The highest BCUT2D eigenvalue weighted by Crippen LogP contribution is 2.22. The predicted molar refractivity (Wildman–Crippen MR) is 73.7 cm³/mol. The number of ether oxygens (including phenoxy) is 1. The van der Waals surface area contributed by atoms with Gasteiger partial charge in [0.15, 0.2) is 0 Å². The van der Waals surface area contributed by atoms with Crippen LogP contribution < -0.4 is 10.1 Å². The summed E-state index contributed by atoms with van der Waals surface area (Å²) in [5.41, 5.74) is 2.19. The van der Waals surface area contributed by atoms with Crippen LogP contribution >= 0.6 is 0 Å². The Labute approximate surface area is 109 Å². The van der Waals surface area contributed by atoms with Crippen molar-refractivity contribution in [2.45, 2.75) is 39.2 Å². The third kappa shape index (κ3) is 4.45. The fourth-order valence-corrected chi connectivity index (χ4v) is 1.69. The first-order valence-electron chi connectivity index (χ1n) is 6.47. The number of hydrogen-bond donors (Lipinski definition) is 1. The minimum Gasteiger partial charge on any atom is -0.481 e. The number of hydrogen-bond acceptors (Lipinski definition) is 4. The Hall–Kier alpha value is -1.42. The van der Waals surface area contributed by atoms with E-state index in [2.05, 4.69) is 35.7 Å².